The Kier molecular flexibility index (Phi) is 4.38. The van der Waals surface area contributed by atoms with E-state index in [-0.39, 0.29) is 28.8 Å². The maximum Gasteiger partial charge on any atom is 0.244 e. The minimum Gasteiger partial charge on any atom is -0.294 e. The molecule has 0 N–H and O–H groups in total. The smallest absolute Gasteiger partial charge is 0.244 e. The molecule has 5 nitrogen and oxygen atoms in total. The molecule has 0 amide bonds. The molecule has 2 unspecified atom stereocenters. The molecule has 146 valence electrons. The first-order chi connectivity index (χ1) is 13.6. The van der Waals surface area contributed by atoms with E-state index in [1.54, 1.807) is 28.6 Å². The van der Waals surface area contributed by atoms with Gasteiger partial charge in [-0.25, -0.2) is 8.42 Å². The highest BCUT2D eigenvalue weighted by Gasteiger charge is 2.47. The molecule has 2 atom stereocenters. The molecular formula is C22H24N2O3S. The van der Waals surface area contributed by atoms with E-state index in [9.17, 15) is 13.2 Å². The summed E-state index contributed by atoms with van der Waals surface area (Å²) >= 11 is 0. The maximum absolute atomic E-state index is 13.5. The molecule has 0 aromatic heterocycles. The first-order valence-corrected chi connectivity index (χ1v) is 11.5. The minimum atomic E-state index is -3.64. The summed E-state index contributed by atoms with van der Waals surface area (Å²) in [5, 5.41) is 0. The molecule has 2 aromatic rings. The number of benzene rings is 2. The van der Waals surface area contributed by atoms with Crippen molar-refractivity contribution in [2.24, 2.45) is 5.92 Å². The molecule has 1 aliphatic carbocycles. The van der Waals surface area contributed by atoms with Gasteiger partial charge in [-0.15, -0.1) is 0 Å². The van der Waals surface area contributed by atoms with Crippen molar-refractivity contribution in [3.63, 3.8) is 0 Å². The van der Waals surface area contributed by atoms with Crippen LogP contribution in [0.15, 0.2) is 59.5 Å². The largest absolute Gasteiger partial charge is 0.294 e. The van der Waals surface area contributed by atoms with Crippen molar-refractivity contribution < 1.29 is 13.2 Å². The summed E-state index contributed by atoms with van der Waals surface area (Å²) in [7, 11) is -3.64. The second-order valence-electron chi connectivity index (χ2n) is 8.06. The van der Waals surface area contributed by atoms with Crippen LogP contribution >= 0.6 is 0 Å². The summed E-state index contributed by atoms with van der Waals surface area (Å²) in [6.07, 6.45) is 3.78. The van der Waals surface area contributed by atoms with E-state index >= 15 is 0 Å². The Hall–Kier alpha value is -2.02. The normalized spacial score (nSPS) is 25.7. The van der Waals surface area contributed by atoms with Crippen molar-refractivity contribution in [1.29, 1.82) is 0 Å². The van der Waals surface area contributed by atoms with Crippen molar-refractivity contribution in [2.75, 3.05) is 13.1 Å². The van der Waals surface area contributed by atoms with Gasteiger partial charge in [-0.05, 0) is 43.4 Å². The van der Waals surface area contributed by atoms with Gasteiger partial charge in [-0.3, -0.25) is 9.69 Å². The van der Waals surface area contributed by atoms with Crippen LogP contribution in [-0.4, -0.2) is 42.5 Å². The predicted molar refractivity (Wildman–Crippen MR) is 106 cm³/mol. The van der Waals surface area contributed by atoms with E-state index in [0.717, 1.165) is 37.8 Å². The number of carbonyl (C=O) groups excluding carboxylic acids is 1. The fraction of sp³-hybridized carbons (Fsp3) is 0.409. The third-order valence-corrected chi connectivity index (χ3v) is 8.03. The lowest BCUT2D eigenvalue weighted by atomic mass is 10.1. The molecule has 1 saturated carbocycles. The molecule has 3 aliphatic rings. The zero-order valence-electron chi connectivity index (χ0n) is 15.7. The quantitative estimate of drug-likeness (QED) is 0.727. The molecule has 2 aliphatic heterocycles. The summed E-state index contributed by atoms with van der Waals surface area (Å²) in [5.74, 6) is 0.267. The first kappa shape index (κ1) is 18.0. The Labute approximate surface area is 166 Å². The minimum absolute atomic E-state index is 0.132. The summed E-state index contributed by atoms with van der Waals surface area (Å²) in [6.45, 7) is 1.44. The van der Waals surface area contributed by atoms with Gasteiger partial charge in [0.2, 0.25) is 10.0 Å². The van der Waals surface area contributed by atoms with Gasteiger partial charge in [0.05, 0.1) is 4.90 Å². The fourth-order valence-corrected chi connectivity index (χ4v) is 6.19. The summed E-state index contributed by atoms with van der Waals surface area (Å²) in [6, 6.07) is 16.7. The van der Waals surface area contributed by atoms with E-state index in [1.165, 1.54) is 0 Å². The van der Waals surface area contributed by atoms with Crippen LogP contribution < -0.4 is 0 Å². The highest BCUT2D eigenvalue weighted by Crippen LogP contribution is 2.42. The van der Waals surface area contributed by atoms with Gasteiger partial charge in [0.1, 0.15) is 6.17 Å². The second-order valence-corrected chi connectivity index (χ2v) is 9.95. The third kappa shape index (κ3) is 3.00. The Morgan fingerprint density at radius 1 is 0.929 bits per heavy atom. The van der Waals surface area contributed by atoms with Crippen molar-refractivity contribution >= 4 is 15.8 Å². The molecule has 3 fully saturated rings. The van der Waals surface area contributed by atoms with Crippen LogP contribution in [-0.2, 0) is 10.0 Å². The number of nitrogens with zero attached hydrogens (tertiary/aromatic N) is 2. The maximum atomic E-state index is 13.5. The van der Waals surface area contributed by atoms with E-state index in [1.807, 2.05) is 30.3 Å². The summed E-state index contributed by atoms with van der Waals surface area (Å²) in [5.41, 5.74) is 1.62. The van der Waals surface area contributed by atoms with Crippen molar-refractivity contribution in [2.45, 2.75) is 42.8 Å². The molecule has 2 heterocycles. The number of rotatable bonds is 5. The van der Waals surface area contributed by atoms with Crippen LogP contribution in [0.4, 0.5) is 0 Å². The molecule has 0 radical (unpaired) electrons. The molecule has 0 spiro atoms. The van der Waals surface area contributed by atoms with Crippen LogP contribution in [0.3, 0.4) is 0 Å². The van der Waals surface area contributed by atoms with E-state index in [0.29, 0.717) is 12.1 Å². The number of fused-ring (bicyclic) bond motifs is 1. The van der Waals surface area contributed by atoms with Gasteiger partial charge < -0.3 is 0 Å². The summed E-state index contributed by atoms with van der Waals surface area (Å²) < 4.78 is 28.6. The number of hydrogen-bond acceptors (Lipinski definition) is 4. The predicted octanol–water partition coefficient (Wildman–Crippen LogP) is 3.45. The third-order valence-electron chi connectivity index (χ3n) is 6.19. The highest BCUT2D eigenvalue weighted by molar-refractivity contribution is 7.89. The Balaban J connectivity index is 1.48. The second kappa shape index (κ2) is 6.79. The molecule has 2 saturated heterocycles. The molecule has 28 heavy (non-hydrogen) atoms. The topological polar surface area (TPSA) is 57.7 Å². The molecule has 5 rings (SSSR count). The molecule has 0 bridgehead atoms. The molecular weight excluding hydrogens is 372 g/mol. The number of Topliss-reactive ketones (excluding diaryl/α,β-unsaturated/α-hetero) is 1. The lowest BCUT2D eigenvalue weighted by Crippen LogP contribution is -2.35. The number of carbonyl (C=O) groups is 1. The van der Waals surface area contributed by atoms with Gasteiger partial charge in [0.15, 0.2) is 5.78 Å². The number of sulfonamides is 1. The molecule has 2 aromatic carbocycles. The molecule has 6 heteroatoms. The summed E-state index contributed by atoms with van der Waals surface area (Å²) in [4.78, 5) is 14.8. The van der Waals surface area contributed by atoms with E-state index in [4.69, 9.17) is 0 Å². The Morgan fingerprint density at radius 2 is 1.64 bits per heavy atom. The van der Waals surface area contributed by atoms with E-state index < -0.39 is 10.0 Å². The van der Waals surface area contributed by atoms with Crippen LogP contribution in [0.1, 0.15) is 47.8 Å². The zero-order chi connectivity index (χ0) is 19.3. The van der Waals surface area contributed by atoms with Crippen LogP contribution in [0.25, 0.3) is 0 Å². The van der Waals surface area contributed by atoms with Gasteiger partial charge in [-0.2, -0.15) is 4.31 Å². The lowest BCUT2D eigenvalue weighted by Gasteiger charge is -2.29. The fourth-order valence-electron chi connectivity index (χ4n) is 4.57. The van der Waals surface area contributed by atoms with Crippen molar-refractivity contribution in [1.82, 2.24) is 9.21 Å². The van der Waals surface area contributed by atoms with Crippen LogP contribution in [0, 0.1) is 5.92 Å². The van der Waals surface area contributed by atoms with E-state index in [2.05, 4.69) is 4.90 Å². The Bertz CT molecular complexity index is 984. The van der Waals surface area contributed by atoms with Gasteiger partial charge in [0, 0.05) is 30.6 Å². The van der Waals surface area contributed by atoms with Gasteiger partial charge >= 0.3 is 0 Å². The average Bonchev–Trinajstić information content (AvgIpc) is 3.35. The van der Waals surface area contributed by atoms with Gasteiger partial charge in [0.25, 0.3) is 0 Å². The van der Waals surface area contributed by atoms with Gasteiger partial charge in [-0.1, -0.05) is 42.5 Å². The highest BCUT2D eigenvalue weighted by atomic mass is 32.2. The monoisotopic (exact) mass is 396 g/mol. The Morgan fingerprint density at radius 3 is 2.32 bits per heavy atom. The van der Waals surface area contributed by atoms with Crippen molar-refractivity contribution in [3.05, 3.63) is 65.7 Å². The van der Waals surface area contributed by atoms with Crippen LogP contribution in [0.2, 0.25) is 0 Å². The van der Waals surface area contributed by atoms with Crippen LogP contribution in [0.5, 0.6) is 0 Å². The van der Waals surface area contributed by atoms with Crippen molar-refractivity contribution in [3.8, 4) is 0 Å². The average molecular weight is 397 g/mol. The number of ketones is 1. The first-order valence-electron chi connectivity index (χ1n) is 10.0. The SMILES string of the molecule is O=C(c1ccc(S(=O)(=O)N2CC3CCCN3C2c2ccccc2)cc1)C1CC1. The zero-order valence-corrected chi connectivity index (χ0v) is 16.5. The number of hydrogen-bond donors (Lipinski definition) is 0. The standard InChI is InChI=1S/C22H24N2O3S/c25-21(16-8-9-16)17-10-12-20(13-11-17)28(26,27)24-15-19-7-4-14-23(19)22(24)18-5-2-1-3-6-18/h1-3,5-6,10-13,16,19,22H,4,7-9,14-15H2. The lowest BCUT2D eigenvalue weighted by molar-refractivity contribution is 0.0967.